The van der Waals surface area contributed by atoms with Crippen molar-refractivity contribution >= 4 is 16.9 Å². The van der Waals surface area contributed by atoms with Crippen LogP contribution in [0.25, 0.3) is 22.4 Å². The van der Waals surface area contributed by atoms with Gasteiger partial charge in [0.25, 0.3) is 0 Å². The first-order valence-corrected chi connectivity index (χ1v) is 6.86. The Morgan fingerprint density at radius 3 is 2.59 bits per heavy atom. The molecular weight excluding hydrogens is 282 g/mol. The summed E-state index contributed by atoms with van der Waals surface area (Å²) >= 11 is 0. The molecule has 5 heteroatoms. The molecule has 5 nitrogen and oxygen atoms in total. The van der Waals surface area contributed by atoms with Gasteiger partial charge in [0.1, 0.15) is 0 Å². The maximum Gasteiger partial charge on any atom is 0.347 e. The Morgan fingerprint density at radius 2 is 1.86 bits per heavy atom. The quantitative estimate of drug-likeness (QED) is 0.695. The summed E-state index contributed by atoms with van der Waals surface area (Å²) in [5.74, 6) is -0.166. The second-order valence-electron chi connectivity index (χ2n) is 4.62. The van der Waals surface area contributed by atoms with Crippen LogP contribution < -0.4 is 5.63 Å². The third-order valence-corrected chi connectivity index (χ3v) is 3.18. The minimum atomic E-state index is -0.435. The zero-order valence-electron chi connectivity index (χ0n) is 11.9. The van der Waals surface area contributed by atoms with Crippen LogP contribution in [0.15, 0.2) is 57.7 Å². The molecule has 0 spiro atoms. The van der Waals surface area contributed by atoms with Gasteiger partial charge in [0.05, 0.1) is 23.1 Å². The lowest BCUT2D eigenvalue weighted by molar-refractivity contribution is 0.0526. The molecule has 0 radical (unpaired) electrons. The third-order valence-electron chi connectivity index (χ3n) is 3.18. The number of hydrogen-bond donors (Lipinski definition) is 0. The molecule has 0 saturated carbocycles. The molecule has 3 rings (SSSR count). The second kappa shape index (κ2) is 5.81. The summed E-state index contributed by atoms with van der Waals surface area (Å²) in [7, 11) is 0. The van der Waals surface area contributed by atoms with Crippen LogP contribution in [0.3, 0.4) is 0 Å². The van der Waals surface area contributed by atoms with E-state index in [0.717, 1.165) is 0 Å². The average Bonchev–Trinajstić information content (AvgIpc) is 2.55. The highest BCUT2D eigenvalue weighted by Gasteiger charge is 2.10. The monoisotopic (exact) mass is 295 g/mol. The first-order valence-electron chi connectivity index (χ1n) is 6.86. The van der Waals surface area contributed by atoms with E-state index in [1.54, 1.807) is 49.4 Å². The summed E-state index contributed by atoms with van der Waals surface area (Å²) in [5.41, 5.74) is 1.20. The highest BCUT2D eigenvalue weighted by atomic mass is 16.5. The smallest absolute Gasteiger partial charge is 0.347 e. The predicted molar refractivity (Wildman–Crippen MR) is 81.7 cm³/mol. The number of esters is 1. The van der Waals surface area contributed by atoms with Crippen LogP contribution in [-0.2, 0) is 4.74 Å². The Kier molecular flexibility index (Phi) is 3.70. The van der Waals surface area contributed by atoms with Gasteiger partial charge >= 0.3 is 11.6 Å². The Labute approximate surface area is 126 Å². The molecule has 110 valence electrons. The van der Waals surface area contributed by atoms with Gasteiger partial charge in [-0.15, -0.1) is 0 Å². The zero-order valence-corrected chi connectivity index (χ0v) is 11.9. The lowest BCUT2D eigenvalue weighted by Crippen LogP contribution is -2.05. The van der Waals surface area contributed by atoms with Crippen LogP contribution in [0.4, 0.5) is 0 Å². The maximum atomic E-state index is 12.0. The van der Waals surface area contributed by atoms with Gasteiger partial charge in [-0.2, -0.15) is 0 Å². The second-order valence-corrected chi connectivity index (χ2v) is 4.62. The summed E-state index contributed by atoms with van der Waals surface area (Å²) in [4.78, 5) is 27.9. The minimum absolute atomic E-state index is 0.221. The fourth-order valence-electron chi connectivity index (χ4n) is 2.11. The van der Waals surface area contributed by atoms with Gasteiger partial charge in [0.2, 0.25) is 5.89 Å². The number of nitrogens with zero attached hydrogens (tertiary/aromatic N) is 1. The van der Waals surface area contributed by atoms with E-state index in [1.807, 2.05) is 6.07 Å². The van der Waals surface area contributed by atoms with Gasteiger partial charge in [0.15, 0.2) is 0 Å². The molecule has 0 aliphatic rings. The van der Waals surface area contributed by atoms with E-state index in [1.165, 1.54) is 0 Å². The predicted octanol–water partition coefficient (Wildman–Crippen LogP) is 3.03. The van der Waals surface area contributed by atoms with Crippen molar-refractivity contribution in [3.63, 3.8) is 0 Å². The maximum absolute atomic E-state index is 12.0. The number of benzene rings is 2. The van der Waals surface area contributed by atoms with E-state index in [4.69, 9.17) is 9.15 Å². The molecule has 0 fully saturated rings. The van der Waals surface area contributed by atoms with E-state index < -0.39 is 5.63 Å². The summed E-state index contributed by atoms with van der Waals surface area (Å²) in [6.45, 7) is 2.07. The Morgan fingerprint density at radius 1 is 1.14 bits per heavy atom. The van der Waals surface area contributed by atoms with E-state index in [0.29, 0.717) is 28.6 Å². The number of ether oxygens (including phenoxy) is 1. The number of rotatable bonds is 3. The van der Waals surface area contributed by atoms with Crippen LogP contribution in [-0.4, -0.2) is 17.6 Å². The van der Waals surface area contributed by atoms with Crippen molar-refractivity contribution in [1.29, 1.82) is 0 Å². The molecule has 1 aromatic heterocycles. The van der Waals surface area contributed by atoms with E-state index in [-0.39, 0.29) is 11.9 Å². The molecule has 0 aliphatic carbocycles. The van der Waals surface area contributed by atoms with Gasteiger partial charge in [-0.1, -0.05) is 12.1 Å². The first-order chi connectivity index (χ1) is 10.7. The normalized spacial score (nSPS) is 10.6. The lowest BCUT2D eigenvalue weighted by Gasteiger charge is -2.04. The van der Waals surface area contributed by atoms with Crippen molar-refractivity contribution < 1.29 is 13.9 Å². The standard InChI is InChI=1S/C17H13NO4/c1-2-21-16(19)12-9-7-11(8-10-12)15-18-14-6-4-3-5-13(14)17(20)22-15/h3-10H,2H2,1H3. The number of fused-ring (bicyclic) bond motifs is 1. The average molecular weight is 295 g/mol. The van der Waals surface area contributed by atoms with Crippen LogP contribution in [0.5, 0.6) is 0 Å². The van der Waals surface area contributed by atoms with Gasteiger partial charge in [-0.3, -0.25) is 0 Å². The first kappa shape index (κ1) is 14.0. The molecule has 22 heavy (non-hydrogen) atoms. The number of carbonyl (C=O) groups is 1. The van der Waals surface area contributed by atoms with Crippen molar-refractivity contribution in [2.24, 2.45) is 0 Å². The Hall–Kier alpha value is -2.95. The molecule has 0 bridgehead atoms. The molecule has 0 amide bonds. The Bertz CT molecular complexity index is 881. The van der Waals surface area contributed by atoms with Gasteiger partial charge in [0, 0.05) is 5.56 Å². The highest BCUT2D eigenvalue weighted by Crippen LogP contribution is 2.19. The Balaban J connectivity index is 2.01. The molecule has 2 aromatic carbocycles. The lowest BCUT2D eigenvalue weighted by atomic mass is 10.1. The van der Waals surface area contributed by atoms with Crippen LogP contribution in [0.1, 0.15) is 17.3 Å². The third kappa shape index (κ3) is 2.61. The van der Waals surface area contributed by atoms with Crippen LogP contribution >= 0.6 is 0 Å². The van der Waals surface area contributed by atoms with E-state index >= 15 is 0 Å². The highest BCUT2D eigenvalue weighted by molar-refractivity contribution is 5.90. The molecule has 0 aliphatic heterocycles. The summed E-state index contributed by atoms with van der Waals surface area (Å²) in [6.07, 6.45) is 0. The van der Waals surface area contributed by atoms with Crippen molar-refractivity contribution in [1.82, 2.24) is 4.98 Å². The topological polar surface area (TPSA) is 69.4 Å². The summed E-state index contributed by atoms with van der Waals surface area (Å²) < 4.78 is 10.2. The van der Waals surface area contributed by atoms with Crippen molar-refractivity contribution in [2.45, 2.75) is 6.92 Å². The molecule has 0 atom stereocenters. The van der Waals surface area contributed by atoms with Crippen LogP contribution in [0, 0.1) is 0 Å². The van der Waals surface area contributed by atoms with Crippen molar-refractivity contribution in [3.8, 4) is 11.5 Å². The van der Waals surface area contributed by atoms with Crippen molar-refractivity contribution in [2.75, 3.05) is 6.61 Å². The fourth-order valence-corrected chi connectivity index (χ4v) is 2.11. The van der Waals surface area contributed by atoms with Crippen LogP contribution in [0.2, 0.25) is 0 Å². The number of carbonyl (C=O) groups excluding carboxylic acids is 1. The van der Waals surface area contributed by atoms with Gasteiger partial charge in [-0.25, -0.2) is 14.6 Å². The molecule has 3 aromatic rings. The summed E-state index contributed by atoms with van der Waals surface area (Å²) in [5, 5.41) is 0.439. The number of hydrogen-bond acceptors (Lipinski definition) is 5. The van der Waals surface area contributed by atoms with E-state index in [9.17, 15) is 9.59 Å². The zero-order chi connectivity index (χ0) is 15.5. The largest absolute Gasteiger partial charge is 0.462 e. The molecule has 1 heterocycles. The fraction of sp³-hybridized carbons (Fsp3) is 0.118. The summed E-state index contributed by atoms with van der Waals surface area (Å²) in [6, 6.07) is 13.6. The van der Waals surface area contributed by atoms with Crippen molar-refractivity contribution in [3.05, 3.63) is 64.5 Å². The minimum Gasteiger partial charge on any atom is -0.462 e. The molecular formula is C17H13NO4. The molecule has 0 unspecified atom stereocenters. The van der Waals surface area contributed by atoms with Gasteiger partial charge < -0.3 is 9.15 Å². The number of aromatic nitrogens is 1. The molecule has 0 saturated heterocycles. The molecule has 0 N–H and O–H groups in total. The van der Waals surface area contributed by atoms with Gasteiger partial charge in [-0.05, 0) is 43.3 Å². The SMILES string of the molecule is CCOC(=O)c1ccc(-c2nc3ccccc3c(=O)o2)cc1. The number of para-hydroxylation sites is 1. The van der Waals surface area contributed by atoms with E-state index in [2.05, 4.69) is 4.98 Å².